The molecule has 0 bridgehead atoms. The van der Waals surface area contributed by atoms with Gasteiger partial charge in [-0.15, -0.1) is 0 Å². The van der Waals surface area contributed by atoms with Crippen molar-refractivity contribution in [2.45, 2.75) is 33.2 Å². The van der Waals surface area contributed by atoms with Crippen LogP contribution in [0.2, 0.25) is 5.02 Å². The largest absolute Gasteiger partial charge is 0.350 e. The van der Waals surface area contributed by atoms with Gasteiger partial charge < -0.3 is 10.2 Å². The van der Waals surface area contributed by atoms with Crippen LogP contribution >= 0.6 is 11.6 Å². The van der Waals surface area contributed by atoms with E-state index >= 15 is 0 Å². The maximum atomic E-state index is 6.08. The number of halogens is 1. The summed E-state index contributed by atoms with van der Waals surface area (Å²) in [6.07, 6.45) is 7.20. The molecule has 1 aromatic carbocycles. The highest BCUT2D eigenvalue weighted by Crippen LogP contribution is 2.28. The zero-order valence-electron chi connectivity index (χ0n) is 13.7. The van der Waals surface area contributed by atoms with Crippen molar-refractivity contribution in [3.63, 3.8) is 0 Å². The third-order valence-corrected chi connectivity index (χ3v) is 4.63. The molecule has 1 N–H and O–H groups in total. The molecule has 2 heterocycles. The average molecular weight is 329 g/mol. The number of benzene rings is 1. The molecular weight excluding hydrogens is 308 g/mol. The molecule has 120 valence electrons. The Bertz CT molecular complexity index is 742. The number of aromatic nitrogens is 2. The molecule has 2 aromatic rings. The van der Waals surface area contributed by atoms with E-state index in [0.717, 1.165) is 40.6 Å². The summed E-state index contributed by atoms with van der Waals surface area (Å²) in [4.78, 5) is 11.5. The van der Waals surface area contributed by atoms with Gasteiger partial charge in [-0.3, -0.25) is 0 Å². The highest BCUT2D eigenvalue weighted by atomic mass is 35.5. The van der Waals surface area contributed by atoms with Crippen LogP contribution in [-0.4, -0.2) is 22.6 Å². The van der Waals surface area contributed by atoms with Crippen molar-refractivity contribution in [1.82, 2.24) is 9.97 Å². The van der Waals surface area contributed by atoms with Crippen molar-refractivity contribution in [2.75, 3.05) is 16.8 Å². The van der Waals surface area contributed by atoms with Crippen LogP contribution in [0.4, 0.5) is 17.5 Å². The van der Waals surface area contributed by atoms with Gasteiger partial charge in [0.25, 0.3) is 0 Å². The Kier molecular flexibility index (Phi) is 4.53. The summed E-state index contributed by atoms with van der Waals surface area (Å²) in [5, 5.41) is 4.03. The van der Waals surface area contributed by atoms with Gasteiger partial charge in [-0.05, 0) is 44.0 Å². The van der Waals surface area contributed by atoms with Gasteiger partial charge in [0.15, 0.2) is 0 Å². The Balaban J connectivity index is 1.90. The monoisotopic (exact) mass is 328 g/mol. The molecule has 0 aliphatic carbocycles. The van der Waals surface area contributed by atoms with Crippen LogP contribution in [0, 0.1) is 6.92 Å². The van der Waals surface area contributed by atoms with Crippen LogP contribution < -0.4 is 10.2 Å². The van der Waals surface area contributed by atoms with Gasteiger partial charge >= 0.3 is 0 Å². The summed E-state index contributed by atoms with van der Waals surface area (Å²) >= 11 is 6.08. The molecule has 1 aliphatic rings. The van der Waals surface area contributed by atoms with Crippen LogP contribution in [0.3, 0.4) is 0 Å². The normalized spacial score (nSPS) is 14.5. The fourth-order valence-electron chi connectivity index (χ4n) is 2.63. The molecule has 1 aliphatic heterocycles. The standard InChI is InChI=1S/C18H21ClN4/c1-4-13(3)23-9-5-6-14-11-20-18(22-17(14)23)21-15-7-8-16(19)12(2)10-15/h5-8,10-11,13H,4,9H2,1-3H3,(H,20,21,22). The van der Waals surface area contributed by atoms with E-state index in [1.165, 1.54) is 0 Å². The SMILES string of the molecule is CCC(C)N1CC=Cc2cnc(Nc3ccc(Cl)c(C)c3)nc21. The molecule has 3 rings (SSSR count). The molecular formula is C18H21ClN4. The molecule has 0 radical (unpaired) electrons. The lowest BCUT2D eigenvalue weighted by atomic mass is 10.1. The molecule has 1 unspecified atom stereocenters. The minimum Gasteiger partial charge on any atom is -0.350 e. The van der Waals surface area contributed by atoms with Crippen LogP contribution in [0.1, 0.15) is 31.4 Å². The van der Waals surface area contributed by atoms with Gasteiger partial charge in [0.05, 0.1) is 0 Å². The van der Waals surface area contributed by atoms with E-state index in [0.29, 0.717) is 12.0 Å². The van der Waals surface area contributed by atoms with Crippen LogP contribution in [0.5, 0.6) is 0 Å². The van der Waals surface area contributed by atoms with E-state index in [4.69, 9.17) is 16.6 Å². The van der Waals surface area contributed by atoms with Gasteiger partial charge in [-0.2, -0.15) is 4.98 Å². The smallest absolute Gasteiger partial charge is 0.229 e. The zero-order chi connectivity index (χ0) is 16.4. The second kappa shape index (κ2) is 6.59. The van der Waals surface area contributed by atoms with Crippen molar-refractivity contribution in [1.29, 1.82) is 0 Å². The highest BCUT2D eigenvalue weighted by Gasteiger charge is 2.20. The van der Waals surface area contributed by atoms with Crippen molar-refractivity contribution in [3.8, 4) is 0 Å². The maximum Gasteiger partial charge on any atom is 0.229 e. The quantitative estimate of drug-likeness (QED) is 0.874. The van der Waals surface area contributed by atoms with E-state index in [1.54, 1.807) is 0 Å². The predicted octanol–water partition coefficient (Wildman–Crippen LogP) is 4.81. The third-order valence-electron chi connectivity index (χ3n) is 4.20. The van der Waals surface area contributed by atoms with Crippen molar-refractivity contribution in [2.24, 2.45) is 0 Å². The summed E-state index contributed by atoms with van der Waals surface area (Å²) in [5.74, 6) is 1.60. The predicted molar refractivity (Wildman–Crippen MR) is 97.6 cm³/mol. The third kappa shape index (κ3) is 3.32. The fourth-order valence-corrected chi connectivity index (χ4v) is 2.75. The van der Waals surface area contributed by atoms with Crippen molar-refractivity contribution >= 4 is 35.1 Å². The van der Waals surface area contributed by atoms with E-state index in [-0.39, 0.29) is 0 Å². The van der Waals surface area contributed by atoms with Gasteiger partial charge in [-0.25, -0.2) is 4.98 Å². The first kappa shape index (κ1) is 15.8. The molecule has 1 aromatic heterocycles. The van der Waals surface area contributed by atoms with Gasteiger partial charge in [0, 0.05) is 35.1 Å². The molecule has 0 amide bonds. The lowest BCUT2D eigenvalue weighted by Crippen LogP contribution is -2.35. The zero-order valence-corrected chi connectivity index (χ0v) is 14.4. The Morgan fingerprint density at radius 3 is 2.96 bits per heavy atom. The molecule has 0 saturated carbocycles. The first-order valence-electron chi connectivity index (χ1n) is 7.92. The lowest BCUT2D eigenvalue weighted by Gasteiger charge is -2.32. The lowest BCUT2D eigenvalue weighted by molar-refractivity contribution is 0.632. The Hall–Kier alpha value is -2.07. The van der Waals surface area contributed by atoms with Crippen LogP contribution in [-0.2, 0) is 0 Å². The molecule has 23 heavy (non-hydrogen) atoms. The van der Waals surface area contributed by atoms with Crippen molar-refractivity contribution in [3.05, 3.63) is 46.6 Å². The molecule has 0 fully saturated rings. The van der Waals surface area contributed by atoms with Gasteiger partial charge in [0.1, 0.15) is 5.82 Å². The van der Waals surface area contributed by atoms with E-state index in [2.05, 4.69) is 41.2 Å². The Morgan fingerprint density at radius 1 is 1.39 bits per heavy atom. The summed E-state index contributed by atoms with van der Waals surface area (Å²) in [5.41, 5.74) is 3.03. The second-order valence-corrected chi connectivity index (χ2v) is 6.28. The molecule has 0 saturated heterocycles. The number of fused-ring (bicyclic) bond motifs is 1. The number of anilines is 3. The number of hydrogen-bond donors (Lipinski definition) is 1. The average Bonchev–Trinajstić information content (AvgIpc) is 2.57. The number of hydrogen-bond acceptors (Lipinski definition) is 4. The minimum absolute atomic E-state index is 0.444. The number of nitrogens with zero attached hydrogens (tertiary/aromatic N) is 3. The topological polar surface area (TPSA) is 41.1 Å². The summed E-state index contributed by atoms with van der Waals surface area (Å²) in [6.45, 7) is 7.29. The van der Waals surface area contributed by atoms with Crippen molar-refractivity contribution < 1.29 is 0 Å². The minimum atomic E-state index is 0.444. The second-order valence-electron chi connectivity index (χ2n) is 5.87. The number of aryl methyl sites for hydroxylation is 1. The number of rotatable bonds is 4. The molecule has 5 heteroatoms. The fraction of sp³-hybridized carbons (Fsp3) is 0.333. The summed E-state index contributed by atoms with van der Waals surface area (Å²) in [6, 6.07) is 6.26. The summed E-state index contributed by atoms with van der Waals surface area (Å²) in [7, 11) is 0. The molecule has 4 nitrogen and oxygen atoms in total. The van der Waals surface area contributed by atoms with E-state index in [9.17, 15) is 0 Å². The van der Waals surface area contributed by atoms with E-state index < -0.39 is 0 Å². The molecule has 0 spiro atoms. The first-order chi connectivity index (χ1) is 11.1. The summed E-state index contributed by atoms with van der Waals surface area (Å²) < 4.78 is 0. The van der Waals surface area contributed by atoms with E-state index in [1.807, 2.05) is 31.3 Å². The van der Waals surface area contributed by atoms with Crippen LogP contribution in [0.25, 0.3) is 6.08 Å². The first-order valence-corrected chi connectivity index (χ1v) is 8.29. The number of nitrogens with one attached hydrogen (secondary N) is 1. The van der Waals surface area contributed by atoms with Gasteiger partial charge in [0.2, 0.25) is 5.95 Å². The maximum absolute atomic E-state index is 6.08. The Morgan fingerprint density at radius 2 is 2.22 bits per heavy atom. The van der Waals surface area contributed by atoms with Crippen LogP contribution in [0.15, 0.2) is 30.5 Å². The molecule has 1 atom stereocenters. The van der Waals surface area contributed by atoms with Gasteiger partial charge in [-0.1, -0.05) is 30.7 Å². The Labute approximate surface area is 142 Å². The highest BCUT2D eigenvalue weighted by molar-refractivity contribution is 6.31.